The van der Waals surface area contributed by atoms with Crippen LogP contribution in [0.15, 0.2) is 53.4 Å². The lowest BCUT2D eigenvalue weighted by Gasteiger charge is -2.33. The summed E-state index contributed by atoms with van der Waals surface area (Å²) in [7, 11) is -3.70. The van der Waals surface area contributed by atoms with Gasteiger partial charge in [0.1, 0.15) is 6.04 Å². The second-order valence-corrected chi connectivity index (χ2v) is 8.69. The first-order valence-electron chi connectivity index (χ1n) is 8.84. The molecule has 1 fully saturated rings. The van der Waals surface area contributed by atoms with Crippen LogP contribution >= 0.6 is 0 Å². The zero-order valence-corrected chi connectivity index (χ0v) is 15.9. The van der Waals surface area contributed by atoms with Gasteiger partial charge in [0.2, 0.25) is 15.9 Å². The van der Waals surface area contributed by atoms with Crippen LogP contribution in [0.25, 0.3) is 0 Å². The van der Waals surface area contributed by atoms with Crippen molar-refractivity contribution in [1.82, 2.24) is 4.31 Å². The molecule has 6 heteroatoms. The van der Waals surface area contributed by atoms with Crippen LogP contribution in [0.4, 0.5) is 5.69 Å². The predicted molar refractivity (Wildman–Crippen MR) is 103 cm³/mol. The number of aryl methyl sites for hydroxylation is 2. The number of hydrogen-bond acceptors (Lipinski definition) is 3. The Morgan fingerprint density at radius 2 is 1.54 bits per heavy atom. The quantitative estimate of drug-likeness (QED) is 0.893. The zero-order chi connectivity index (χ0) is 18.7. The number of piperidine rings is 1. The summed E-state index contributed by atoms with van der Waals surface area (Å²) in [6, 6.07) is 13.6. The highest BCUT2D eigenvalue weighted by molar-refractivity contribution is 7.89. The number of benzene rings is 2. The number of nitrogens with one attached hydrogen (secondary N) is 1. The molecule has 2 aromatic rings. The van der Waals surface area contributed by atoms with E-state index in [2.05, 4.69) is 5.32 Å². The average Bonchev–Trinajstić information content (AvgIpc) is 2.64. The van der Waals surface area contributed by atoms with Crippen LogP contribution in [0.5, 0.6) is 0 Å². The van der Waals surface area contributed by atoms with Gasteiger partial charge >= 0.3 is 0 Å². The number of carbonyl (C=O) groups is 1. The number of rotatable bonds is 4. The maximum Gasteiger partial charge on any atom is 0.243 e. The van der Waals surface area contributed by atoms with E-state index in [1.807, 2.05) is 38.1 Å². The van der Waals surface area contributed by atoms with Crippen LogP contribution in [0.2, 0.25) is 0 Å². The molecule has 1 saturated heterocycles. The third-order valence-corrected chi connectivity index (χ3v) is 6.63. The monoisotopic (exact) mass is 372 g/mol. The van der Waals surface area contributed by atoms with E-state index in [0.29, 0.717) is 18.7 Å². The average molecular weight is 372 g/mol. The van der Waals surface area contributed by atoms with Gasteiger partial charge in [-0.1, -0.05) is 41.8 Å². The van der Waals surface area contributed by atoms with Gasteiger partial charge < -0.3 is 5.32 Å². The van der Waals surface area contributed by atoms with Gasteiger partial charge in [0.25, 0.3) is 0 Å². The minimum absolute atomic E-state index is 0.234. The van der Waals surface area contributed by atoms with E-state index in [0.717, 1.165) is 24.0 Å². The van der Waals surface area contributed by atoms with Gasteiger partial charge in [-0.05, 0) is 51.0 Å². The van der Waals surface area contributed by atoms with E-state index in [9.17, 15) is 13.2 Å². The second-order valence-electron chi connectivity index (χ2n) is 6.80. The van der Waals surface area contributed by atoms with Gasteiger partial charge in [0.15, 0.2) is 0 Å². The summed E-state index contributed by atoms with van der Waals surface area (Å²) in [5.41, 5.74) is 2.78. The summed E-state index contributed by atoms with van der Waals surface area (Å²) in [5, 5.41) is 2.86. The van der Waals surface area contributed by atoms with Crippen LogP contribution in [-0.4, -0.2) is 31.2 Å². The summed E-state index contributed by atoms with van der Waals surface area (Å²) in [5.74, 6) is -0.274. The van der Waals surface area contributed by atoms with Gasteiger partial charge in [-0.2, -0.15) is 4.31 Å². The molecule has 138 valence electrons. The van der Waals surface area contributed by atoms with Gasteiger partial charge in [-0.3, -0.25) is 4.79 Å². The highest BCUT2D eigenvalue weighted by Crippen LogP contribution is 2.26. The molecule has 26 heavy (non-hydrogen) atoms. The molecule has 0 unspecified atom stereocenters. The topological polar surface area (TPSA) is 66.5 Å². The van der Waals surface area contributed by atoms with Crippen LogP contribution in [0.3, 0.4) is 0 Å². The first kappa shape index (κ1) is 18.6. The number of nitrogens with zero attached hydrogens (tertiary/aromatic N) is 1. The molecule has 0 aliphatic carbocycles. The van der Waals surface area contributed by atoms with Gasteiger partial charge in [0.05, 0.1) is 4.90 Å². The first-order valence-corrected chi connectivity index (χ1v) is 10.3. The standard InChI is InChI=1S/C20H24N2O3S/c1-15-6-10-17(11-7-15)21-20(23)19-5-3-4-14-22(19)26(24,25)18-12-8-16(2)9-13-18/h6-13,19H,3-5,14H2,1-2H3,(H,21,23)/t19-/m0/s1. The van der Waals surface area contributed by atoms with Crippen molar-refractivity contribution in [2.75, 3.05) is 11.9 Å². The molecule has 3 rings (SSSR count). The van der Waals surface area contributed by atoms with Crippen molar-refractivity contribution in [2.24, 2.45) is 0 Å². The highest BCUT2D eigenvalue weighted by atomic mass is 32.2. The molecular weight excluding hydrogens is 348 g/mol. The Labute approximate surface area is 155 Å². The lowest BCUT2D eigenvalue weighted by atomic mass is 10.0. The fourth-order valence-electron chi connectivity index (χ4n) is 3.16. The molecule has 0 radical (unpaired) electrons. The molecule has 1 aliphatic rings. The summed E-state index contributed by atoms with van der Waals surface area (Å²) < 4.78 is 27.5. The number of anilines is 1. The van der Waals surface area contributed by atoms with Gasteiger partial charge in [0, 0.05) is 12.2 Å². The van der Waals surface area contributed by atoms with Crippen LogP contribution in [0.1, 0.15) is 30.4 Å². The van der Waals surface area contributed by atoms with Crippen LogP contribution in [0, 0.1) is 13.8 Å². The number of carbonyl (C=O) groups excluding carboxylic acids is 1. The Kier molecular flexibility index (Phi) is 5.44. The fraction of sp³-hybridized carbons (Fsp3) is 0.350. The molecule has 1 N–H and O–H groups in total. The molecule has 0 aromatic heterocycles. The van der Waals surface area contributed by atoms with Crippen molar-refractivity contribution in [3.05, 3.63) is 59.7 Å². The Morgan fingerprint density at radius 1 is 0.962 bits per heavy atom. The molecule has 5 nitrogen and oxygen atoms in total. The molecule has 1 amide bonds. The summed E-state index contributed by atoms with van der Waals surface area (Å²) in [4.78, 5) is 13.0. The highest BCUT2D eigenvalue weighted by Gasteiger charge is 2.37. The van der Waals surface area contributed by atoms with E-state index in [1.54, 1.807) is 24.3 Å². The fourth-order valence-corrected chi connectivity index (χ4v) is 4.82. The predicted octanol–water partition coefficient (Wildman–Crippen LogP) is 3.49. The van der Waals surface area contributed by atoms with Crippen molar-refractivity contribution in [2.45, 2.75) is 44.0 Å². The van der Waals surface area contributed by atoms with E-state index >= 15 is 0 Å². The zero-order valence-electron chi connectivity index (χ0n) is 15.1. The van der Waals surface area contributed by atoms with E-state index < -0.39 is 16.1 Å². The maximum absolute atomic E-state index is 13.1. The third kappa shape index (κ3) is 3.97. The summed E-state index contributed by atoms with van der Waals surface area (Å²) in [6.07, 6.45) is 2.13. The van der Waals surface area contributed by atoms with Crippen LogP contribution in [-0.2, 0) is 14.8 Å². The molecule has 1 aliphatic heterocycles. The smallest absolute Gasteiger partial charge is 0.243 e. The van der Waals surface area contributed by atoms with Crippen LogP contribution < -0.4 is 5.32 Å². The molecule has 0 saturated carbocycles. The number of hydrogen-bond donors (Lipinski definition) is 1. The summed E-state index contributed by atoms with van der Waals surface area (Å²) in [6.45, 7) is 4.25. The Morgan fingerprint density at radius 3 is 2.15 bits per heavy atom. The molecule has 2 aromatic carbocycles. The third-order valence-electron chi connectivity index (χ3n) is 4.70. The normalized spacial score (nSPS) is 18.5. The SMILES string of the molecule is Cc1ccc(NC(=O)[C@@H]2CCCCN2S(=O)(=O)c2ccc(C)cc2)cc1. The van der Waals surface area contributed by atoms with Crippen molar-refractivity contribution in [3.63, 3.8) is 0 Å². The van der Waals surface area contributed by atoms with Crippen molar-refractivity contribution >= 4 is 21.6 Å². The van der Waals surface area contributed by atoms with E-state index in [1.165, 1.54) is 4.31 Å². The molecule has 0 spiro atoms. The number of amides is 1. The molecular formula is C20H24N2O3S. The first-order chi connectivity index (χ1) is 12.4. The minimum Gasteiger partial charge on any atom is -0.325 e. The van der Waals surface area contributed by atoms with E-state index in [4.69, 9.17) is 0 Å². The lowest BCUT2D eigenvalue weighted by molar-refractivity contribution is -0.120. The second kappa shape index (κ2) is 7.60. The Balaban J connectivity index is 1.83. The molecule has 0 bridgehead atoms. The molecule has 1 atom stereocenters. The van der Waals surface area contributed by atoms with Gasteiger partial charge in [-0.15, -0.1) is 0 Å². The lowest BCUT2D eigenvalue weighted by Crippen LogP contribution is -2.49. The summed E-state index contributed by atoms with van der Waals surface area (Å²) >= 11 is 0. The van der Waals surface area contributed by atoms with Crippen molar-refractivity contribution in [3.8, 4) is 0 Å². The molecule has 1 heterocycles. The van der Waals surface area contributed by atoms with E-state index in [-0.39, 0.29) is 10.8 Å². The Hall–Kier alpha value is -2.18. The van der Waals surface area contributed by atoms with Gasteiger partial charge in [-0.25, -0.2) is 8.42 Å². The van der Waals surface area contributed by atoms with Crippen molar-refractivity contribution in [1.29, 1.82) is 0 Å². The Bertz CT molecular complexity index is 874. The largest absolute Gasteiger partial charge is 0.325 e. The number of sulfonamides is 1. The minimum atomic E-state index is -3.70. The van der Waals surface area contributed by atoms with Crippen molar-refractivity contribution < 1.29 is 13.2 Å². The maximum atomic E-state index is 13.1.